The number of ether oxygens (including phenoxy) is 1. The summed E-state index contributed by atoms with van der Waals surface area (Å²) in [7, 11) is -3.55. The van der Waals surface area contributed by atoms with Crippen molar-refractivity contribution in [2.45, 2.75) is 31.3 Å². The SMILES string of the molecule is Cc1nn(-c2ccccc2)c(Cl)c1COC(=O)C1CCN(S(=O)(=O)c2ccccc2)CC1. The van der Waals surface area contributed by atoms with E-state index in [1.807, 2.05) is 37.3 Å². The van der Waals surface area contributed by atoms with Crippen molar-refractivity contribution in [3.8, 4) is 5.69 Å². The summed E-state index contributed by atoms with van der Waals surface area (Å²) in [5, 5.41) is 4.86. The average Bonchev–Trinajstić information content (AvgIpc) is 3.12. The van der Waals surface area contributed by atoms with Crippen molar-refractivity contribution in [3.63, 3.8) is 0 Å². The van der Waals surface area contributed by atoms with Crippen LogP contribution in [0.15, 0.2) is 65.6 Å². The highest BCUT2D eigenvalue weighted by molar-refractivity contribution is 7.89. The smallest absolute Gasteiger partial charge is 0.309 e. The summed E-state index contributed by atoms with van der Waals surface area (Å²) in [6.07, 6.45) is 0.835. The number of rotatable bonds is 6. The Bertz CT molecular complexity index is 1190. The van der Waals surface area contributed by atoms with E-state index in [4.69, 9.17) is 16.3 Å². The van der Waals surface area contributed by atoms with Gasteiger partial charge in [-0.25, -0.2) is 13.1 Å². The van der Waals surface area contributed by atoms with Gasteiger partial charge in [-0.1, -0.05) is 48.0 Å². The number of piperidine rings is 1. The van der Waals surface area contributed by atoms with Crippen molar-refractivity contribution in [1.82, 2.24) is 14.1 Å². The van der Waals surface area contributed by atoms with Crippen LogP contribution >= 0.6 is 11.6 Å². The van der Waals surface area contributed by atoms with Crippen LogP contribution in [0.1, 0.15) is 24.1 Å². The Kier molecular flexibility index (Phi) is 6.64. The Morgan fingerprint density at radius 3 is 2.28 bits per heavy atom. The van der Waals surface area contributed by atoms with E-state index in [9.17, 15) is 13.2 Å². The number of aromatic nitrogens is 2. The van der Waals surface area contributed by atoms with E-state index in [-0.39, 0.29) is 36.5 Å². The molecule has 0 atom stereocenters. The van der Waals surface area contributed by atoms with Crippen molar-refractivity contribution in [2.24, 2.45) is 5.92 Å². The molecule has 3 aromatic rings. The largest absolute Gasteiger partial charge is 0.460 e. The molecule has 2 heterocycles. The fourth-order valence-corrected chi connectivity index (χ4v) is 5.59. The molecule has 0 spiro atoms. The number of esters is 1. The maximum absolute atomic E-state index is 12.8. The van der Waals surface area contributed by atoms with E-state index >= 15 is 0 Å². The molecule has 32 heavy (non-hydrogen) atoms. The molecule has 0 aliphatic carbocycles. The monoisotopic (exact) mass is 473 g/mol. The lowest BCUT2D eigenvalue weighted by Gasteiger charge is -2.30. The standard InChI is InChI=1S/C23H24ClN3O4S/c1-17-21(22(24)27(25-17)19-8-4-2-5-9-19)16-31-23(28)18-12-14-26(15-13-18)32(29,30)20-10-6-3-7-11-20/h2-11,18H,12-16H2,1H3. The van der Waals surface area contributed by atoms with Crippen LogP contribution in [0.5, 0.6) is 0 Å². The summed E-state index contributed by atoms with van der Waals surface area (Å²) < 4.78 is 34.1. The Labute approximate surface area is 192 Å². The van der Waals surface area contributed by atoms with Gasteiger partial charge in [0, 0.05) is 18.7 Å². The predicted molar refractivity (Wildman–Crippen MR) is 121 cm³/mol. The van der Waals surface area contributed by atoms with Crippen LogP contribution in [-0.2, 0) is 26.2 Å². The van der Waals surface area contributed by atoms with Crippen LogP contribution in [0.4, 0.5) is 0 Å². The molecular weight excluding hydrogens is 450 g/mol. The summed E-state index contributed by atoms with van der Waals surface area (Å²) in [5.74, 6) is -0.690. The number of para-hydroxylation sites is 1. The first-order valence-electron chi connectivity index (χ1n) is 10.4. The zero-order valence-electron chi connectivity index (χ0n) is 17.6. The van der Waals surface area contributed by atoms with Crippen LogP contribution in [0.2, 0.25) is 5.15 Å². The lowest BCUT2D eigenvalue weighted by molar-refractivity contribution is -0.151. The third-order valence-electron chi connectivity index (χ3n) is 5.65. The van der Waals surface area contributed by atoms with Crippen LogP contribution in [0.25, 0.3) is 5.69 Å². The average molecular weight is 474 g/mol. The molecule has 0 bridgehead atoms. The van der Waals surface area contributed by atoms with E-state index in [0.717, 1.165) is 5.69 Å². The van der Waals surface area contributed by atoms with Gasteiger partial charge >= 0.3 is 5.97 Å². The molecule has 1 aromatic heterocycles. The first-order valence-corrected chi connectivity index (χ1v) is 12.2. The fourth-order valence-electron chi connectivity index (χ4n) is 3.77. The van der Waals surface area contributed by atoms with Crippen molar-refractivity contribution in [3.05, 3.63) is 77.1 Å². The van der Waals surface area contributed by atoms with Crippen LogP contribution in [0, 0.1) is 12.8 Å². The van der Waals surface area contributed by atoms with Crippen molar-refractivity contribution < 1.29 is 17.9 Å². The normalized spacial score (nSPS) is 15.6. The molecule has 0 radical (unpaired) electrons. The molecule has 0 amide bonds. The third-order valence-corrected chi connectivity index (χ3v) is 7.95. The molecular formula is C23H24ClN3O4S. The van der Waals surface area contributed by atoms with E-state index in [2.05, 4.69) is 5.10 Å². The number of hydrogen-bond donors (Lipinski definition) is 0. The molecule has 4 rings (SSSR count). The summed E-state index contributed by atoms with van der Waals surface area (Å²) in [5.41, 5.74) is 2.17. The highest BCUT2D eigenvalue weighted by Crippen LogP contribution is 2.27. The molecule has 1 aliphatic heterocycles. The lowest BCUT2D eigenvalue weighted by Crippen LogP contribution is -2.40. The van der Waals surface area contributed by atoms with E-state index < -0.39 is 10.0 Å². The minimum absolute atomic E-state index is 0.0266. The van der Waals surface area contributed by atoms with Crippen LogP contribution in [0.3, 0.4) is 0 Å². The molecule has 7 nitrogen and oxygen atoms in total. The van der Waals surface area contributed by atoms with Gasteiger partial charge in [0.1, 0.15) is 11.8 Å². The lowest BCUT2D eigenvalue weighted by atomic mass is 9.98. The summed E-state index contributed by atoms with van der Waals surface area (Å²) >= 11 is 6.50. The highest BCUT2D eigenvalue weighted by Gasteiger charge is 2.33. The molecule has 0 N–H and O–H groups in total. The predicted octanol–water partition coefficient (Wildman–Crippen LogP) is 3.98. The first kappa shape index (κ1) is 22.5. The number of hydrogen-bond acceptors (Lipinski definition) is 5. The molecule has 0 unspecified atom stereocenters. The number of aryl methyl sites for hydroxylation is 1. The van der Waals surface area contributed by atoms with Gasteiger partial charge < -0.3 is 4.74 Å². The minimum Gasteiger partial charge on any atom is -0.460 e. The van der Waals surface area contributed by atoms with E-state index in [1.54, 1.807) is 35.0 Å². The van der Waals surface area contributed by atoms with Gasteiger partial charge in [-0.3, -0.25) is 4.79 Å². The molecule has 2 aromatic carbocycles. The Balaban J connectivity index is 1.36. The number of halogens is 1. The molecule has 0 saturated carbocycles. The number of carbonyl (C=O) groups is 1. The van der Waals surface area contributed by atoms with Crippen molar-refractivity contribution >= 4 is 27.6 Å². The Morgan fingerprint density at radius 2 is 1.66 bits per heavy atom. The minimum atomic E-state index is -3.55. The number of sulfonamides is 1. The quantitative estimate of drug-likeness (QED) is 0.506. The van der Waals surface area contributed by atoms with Crippen LogP contribution < -0.4 is 0 Å². The maximum atomic E-state index is 12.8. The molecule has 9 heteroatoms. The van der Waals surface area contributed by atoms with E-state index in [0.29, 0.717) is 29.3 Å². The van der Waals surface area contributed by atoms with Gasteiger partial charge in [-0.15, -0.1) is 0 Å². The fraction of sp³-hybridized carbons (Fsp3) is 0.304. The number of benzene rings is 2. The second-order valence-corrected chi connectivity index (χ2v) is 10.00. The maximum Gasteiger partial charge on any atom is 0.309 e. The first-order chi connectivity index (χ1) is 15.4. The molecule has 1 fully saturated rings. The van der Waals surface area contributed by atoms with Crippen LogP contribution in [-0.4, -0.2) is 41.6 Å². The van der Waals surface area contributed by atoms with Gasteiger partial charge in [-0.05, 0) is 44.0 Å². The summed E-state index contributed by atoms with van der Waals surface area (Å²) in [6.45, 7) is 2.41. The second-order valence-electron chi connectivity index (χ2n) is 7.70. The topological polar surface area (TPSA) is 81.5 Å². The zero-order chi connectivity index (χ0) is 22.7. The Morgan fingerprint density at radius 1 is 1.06 bits per heavy atom. The van der Waals surface area contributed by atoms with E-state index in [1.165, 1.54) is 4.31 Å². The highest BCUT2D eigenvalue weighted by atomic mass is 35.5. The van der Waals surface area contributed by atoms with Crippen molar-refractivity contribution in [2.75, 3.05) is 13.1 Å². The second kappa shape index (κ2) is 9.44. The number of carbonyl (C=O) groups excluding carboxylic acids is 1. The van der Waals surface area contributed by atoms with Gasteiger partial charge in [0.05, 0.1) is 22.2 Å². The third kappa shape index (κ3) is 4.57. The number of nitrogens with zero attached hydrogens (tertiary/aromatic N) is 3. The Hall–Kier alpha value is -2.68. The van der Waals surface area contributed by atoms with Gasteiger partial charge in [0.25, 0.3) is 0 Å². The van der Waals surface area contributed by atoms with Gasteiger partial charge in [-0.2, -0.15) is 9.40 Å². The van der Waals surface area contributed by atoms with Gasteiger partial charge in [0.2, 0.25) is 10.0 Å². The molecule has 168 valence electrons. The summed E-state index contributed by atoms with van der Waals surface area (Å²) in [6, 6.07) is 17.8. The summed E-state index contributed by atoms with van der Waals surface area (Å²) in [4.78, 5) is 12.9. The van der Waals surface area contributed by atoms with Crippen molar-refractivity contribution in [1.29, 1.82) is 0 Å². The molecule has 1 saturated heterocycles. The zero-order valence-corrected chi connectivity index (χ0v) is 19.2. The molecule has 1 aliphatic rings. The van der Waals surface area contributed by atoms with Gasteiger partial charge in [0.15, 0.2) is 0 Å².